The molecule has 4 nitrogen and oxygen atoms in total. The van der Waals surface area contributed by atoms with E-state index in [0.717, 1.165) is 19.3 Å². The maximum Gasteiger partial charge on any atom is 0.303 e. The molecule has 0 unspecified atom stereocenters. The highest BCUT2D eigenvalue weighted by Crippen LogP contribution is 2.44. The van der Waals surface area contributed by atoms with Gasteiger partial charge in [-0.1, -0.05) is 13.8 Å². The fourth-order valence-electron chi connectivity index (χ4n) is 3.40. The van der Waals surface area contributed by atoms with Crippen molar-refractivity contribution in [2.24, 2.45) is 17.3 Å². The van der Waals surface area contributed by atoms with Crippen LogP contribution < -0.4 is 5.32 Å². The molecule has 0 radical (unpaired) electrons. The molecule has 1 amide bonds. The van der Waals surface area contributed by atoms with Crippen LogP contribution in [0.1, 0.15) is 46.5 Å². The molecule has 0 aromatic heterocycles. The van der Waals surface area contributed by atoms with E-state index in [-0.39, 0.29) is 17.7 Å². The first-order chi connectivity index (χ1) is 7.83. The van der Waals surface area contributed by atoms with E-state index in [2.05, 4.69) is 19.2 Å². The zero-order valence-corrected chi connectivity index (χ0v) is 11.0. The Kier molecular flexibility index (Phi) is 4.54. The lowest BCUT2D eigenvalue weighted by Gasteiger charge is -2.42. The van der Waals surface area contributed by atoms with Gasteiger partial charge in [0, 0.05) is 13.5 Å². The number of carbonyl (C=O) groups excluding carboxylic acids is 1. The van der Waals surface area contributed by atoms with E-state index in [4.69, 9.17) is 5.11 Å². The molecule has 1 rings (SSSR count). The Morgan fingerprint density at radius 2 is 1.82 bits per heavy atom. The molecule has 0 bridgehead atoms. The third-order valence-corrected chi connectivity index (χ3v) is 3.61. The van der Waals surface area contributed by atoms with Crippen LogP contribution in [-0.2, 0) is 9.59 Å². The molecular formula is C13H23NO3. The molecule has 3 atom stereocenters. The number of carboxylic acid groups (broad SMARTS) is 1. The zero-order chi connectivity index (χ0) is 13.1. The molecule has 1 saturated carbocycles. The van der Waals surface area contributed by atoms with Gasteiger partial charge in [-0.05, 0) is 36.5 Å². The summed E-state index contributed by atoms with van der Waals surface area (Å²) >= 11 is 0. The van der Waals surface area contributed by atoms with Crippen LogP contribution in [0.15, 0.2) is 0 Å². The fraction of sp³-hybridized carbons (Fsp3) is 0.846. The van der Waals surface area contributed by atoms with Crippen molar-refractivity contribution in [3.05, 3.63) is 0 Å². The second-order valence-electron chi connectivity index (χ2n) is 5.83. The van der Waals surface area contributed by atoms with Gasteiger partial charge >= 0.3 is 5.97 Å². The van der Waals surface area contributed by atoms with Crippen LogP contribution in [0.4, 0.5) is 0 Å². The average molecular weight is 241 g/mol. The molecule has 4 heteroatoms. The fourth-order valence-corrected chi connectivity index (χ4v) is 3.40. The van der Waals surface area contributed by atoms with Crippen LogP contribution in [0.2, 0.25) is 0 Å². The molecule has 0 spiro atoms. The van der Waals surface area contributed by atoms with E-state index in [1.54, 1.807) is 0 Å². The summed E-state index contributed by atoms with van der Waals surface area (Å²) in [4.78, 5) is 22.0. The molecule has 0 aromatic carbocycles. The van der Waals surface area contributed by atoms with Gasteiger partial charge in [0.2, 0.25) is 5.91 Å². The predicted octanol–water partition coefficient (Wildman–Crippen LogP) is 2.04. The summed E-state index contributed by atoms with van der Waals surface area (Å²) in [5.41, 5.74) is -0.255. The van der Waals surface area contributed by atoms with Crippen LogP contribution in [-0.4, -0.2) is 23.5 Å². The van der Waals surface area contributed by atoms with E-state index in [9.17, 15) is 9.59 Å². The molecule has 0 heterocycles. The minimum Gasteiger partial charge on any atom is -0.481 e. The minimum atomic E-state index is -0.767. The highest BCUT2D eigenvalue weighted by Gasteiger charge is 2.39. The lowest BCUT2D eigenvalue weighted by atomic mass is 9.64. The number of carboxylic acids is 1. The van der Waals surface area contributed by atoms with Crippen LogP contribution in [0, 0.1) is 17.3 Å². The standard InChI is InChI=1S/C13H23NO3/c1-9-4-10(2)6-13(5-9,7-12(16)17)8-14-11(3)15/h9-10H,4-8H2,1-3H3,(H,14,15)(H,16,17)/t9-,10+,13-. The minimum absolute atomic E-state index is 0.0827. The molecule has 0 aliphatic heterocycles. The van der Waals surface area contributed by atoms with Gasteiger partial charge in [-0.25, -0.2) is 0 Å². The first-order valence-corrected chi connectivity index (χ1v) is 6.29. The van der Waals surface area contributed by atoms with Gasteiger partial charge in [-0.3, -0.25) is 9.59 Å². The molecular weight excluding hydrogens is 218 g/mol. The lowest BCUT2D eigenvalue weighted by Crippen LogP contribution is -2.43. The normalized spacial score (nSPS) is 33.1. The number of hydrogen-bond donors (Lipinski definition) is 2. The van der Waals surface area contributed by atoms with Gasteiger partial charge in [-0.15, -0.1) is 0 Å². The maximum atomic E-state index is 11.0. The summed E-state index contributed by atoms with van der Waals surface area (Å²) in [7, 11) is 0. The molecule has 0 aromatic rings. The summed E-state index contributed by atoms with van der Waals surface area (Å²) in [6, 6.07) is 0. The summed E-state index contributed by atoms with van der Waals surface area (Å²) < 4.78 is 0. The molecule has 17 heavy (non-hydrogen) atoms. The quantitative estimate of drug-likeness (QED) is 0.791. The Bertz CT molecular complexity index is 291. The van der Waals surface area contributed by atoms with Crippen molar-refractivity contribution in [3.8, 4) is 0 Å². The van der Waals surface area contributed by atoms with Gasteiger partial charge in [-0.2, -0.15) is 0 Å². The first-order valence-electron chi connectivity index (χ1n) is 6.29. The van der Waals surface area contributed by atoms with Gasteiger partial charge in [0.05, 0.1) is 6.42 Å². The number of amides is 1. The van der Waals surface area contributed by atoms with Crippen molar-refractivity contribution >= 4 is 11.9 Å². The number of carbonyl (C=O) groups is 2. The van der Waals surface area contributed by atoms with Gasteiger partial charge in [0.15, 0.2) is 0 Å². The number of aliphatic carboxylic acids is 1. The highest BCUT2D eigenvalue weighted by molar-refractivity contribution is 5.73. The Morgan fingerprint density at radius 1 is 1.29 bits per heavy atom. The molecule has 1 aliphatic rings. The van der Waals surface area contributed by atoms with Crippen molar-refractivity contribution in [3.63, 3.8) is 0 Å². The summed E-state index contributed by atoms with van der Waals surface area (Å²) in [5, 5.41) is 11.9. The lowest BCUT2D eigenvalue weighted by molar-refractivity contribution is -0.141. The van der Waals surface area contributed by atoms with Crippen molar-refractivity contribution < 1.29 is 14.7 Å². The van der Waals surface area contributed by atoms with Gasteiger partial charge < -0.3 is 10.4 Å². The second kappa shape index (κ2) is 5.52. The van der Waals surface area contributed by atoms with E-state index in [0.29, 0.717) is 18.4 Å². The monoisotopic (exact) mass is 241 g/mol. The van der Waals surface area contributed by atoms with Crippen molar-refractivity contribution in [1.29, 1.82) is 0 Å². The topological polar surface area (TPSA) is 66.4 Å². The number of rotatable bonds is 4. The first kappa shape index (κ1) is 14.0. The van der Waals surface area contributed by atoms with Crippen LogP contribution in [0.3, 0.4) is 0 Å². The Morgan fingerprint density at radius 3 is 2.24 bits per heavy atom. The smallest absolute Gasteiger partial charge is 0.303 e. The SMILES string of the molecule is CC(=O)NC[C@]1(CC(=O)O)C[C@H](C)C[C@H](C)C1. The zero-order valence-electron chi connectivity index (χ0n) is 11.0. The maximum absolute atomic E-state index is 11.0. The van der Waals surface area contributed by atoms with E-state index in [1.165, 1.54) is 6.92 Å². The summed E-state index contributed by atoms with van der Waals surface area (Å²) in [5.74, 6) is 0.219. The molecule has 98 valence electrons. The number of nitrogens with one attached hydrogen (secondary N) is 1. The Balaban J connectivity index is 2.76. The Labute approximate surface area is 103 Å². The largest absolute Gasteiger partial charge is 0.481 e. The van der Waals surface area contributed by atoms with Crippen molar-refractivity contribution in [2.45, 2.75) is 46.5 Å². The van der Waals surface area contributed by atoms with Crippen LogP contribution >= 0.6 is 0 Å². The molecule has 1 aliphatic carbocycles. The Hall–Kier alpha value is -1.06. The molecule has 2 N–H and O–H groups in total. The molecule has 0 saturated heterocycles. The van der Waals surface area contributed by atoms with E-state index in [1.807, 2.05) is 0 Å². The highest BCUT2D eigenvalue weighted by atomic mass is 16.4. The third kappa shape index (κ3) is 4.36. The summed E-state index contributed by atoms with van der Waals surface area (Å²) in [6.07, 6.45) is 3.09. The predicted molar refractivity (Wildman–Crippen MR) is 65.5 cm³/mol. The van der Waals surface area contributed by atoms with Gasteiger partial charge in [0.25, 0.3) is 0 Å². The van der Waals surface area contributed by atoms with Gasteiger partial charge in [0.1, 0.15) is 0 Å². The van der Waals surface area contributed by atoms with Crippen LogP contribution in [0.5, 0.6) is 0 Å². The van der Waals surface area contributed by atoms with Crippen molar-refractivity contribution in [1.82, 2.24) is 5.32 Å². The second-order valence-corrected chi connectivity index (χ2v) is 5.83. The van der Waals surface area contributed by atoms with Crippen molar-refractivity contribution in [2.75, 3.05) is 6.54 Å². The van der Waals surface area contributed by atoms with E-state index >= 15 is 0 Å². The average Bonchev–Trinajstić information content (AvgIpc) is 2.11. The third-order valence-electron chi connectivity index (χ3n) is 3.61. The summed E-state index contributed by atoms with van der Waals surface area (Å²) in [6.45, 7) is 6.30. The number of hydrogen-bond acceptors (Lipinski definition) is 2. The molecule has 1 fully saturated rings. The van der Waals surface area contributed by atoms with E-state index < -0.39 is 5.97 Å². The van der Waals surface area contributed by atoms with Crippen LogP contribution in [0.25, 0.3) is 0 Å².